The summed E-state index contributed by atoms with van der Waals surface area (Å²) in [7, 11) is 0. The molecular formula is C17H22Cl2N2O2. The van der Waals surface area contributed by atoms with E-state index in [1.54, 1.807) is 23.1 Å². The molecule has 2 rings (SSSR count). The summed E-state index contributed by atoms with van der Waals surface area (Å²) in [5.41, 5.74) is 0.533. The third-order valence-corrected chi connectivity index (χ3v) is 4.89. The Labute approximate surface area is 147 Å². The Morgan fingerprint density at radius 3 is 2.52 bits per heavy atom. The van der Waals surface area contributed by atoms with E-state index in [0.29, 0.717) is 41.5 Å². The fourth-order valence-corrected chi connectivity index (χ4v) is 2.99. The summed E-state index contributed by atoms with van der Waals surface area (Å²) in [6, 6.07) is 4.90. The van der Waals surface area contributed by atoms with E-state index >= 15 is 0 Å². The van der Waals surface area contributed by atoms with Gasteiger partial charge in [0, 0.05) is 31.1 Å². The zero-order valence-electron chi connectivity index (χ0n) is 13.3. The Bertz CT molecular complexity index is 570. The quantitative estimate of drug-likeness (QED) is 0.816. The number of unbranched alkanes of at least 4 members (excludes halogenated alkanes) is 1. The summed E-state index contributed by atoms with van der Waals surface area (Å²) in [6.07, 6.45) is 3.47. The monoisotopic (exact) mass is 356 g/mol. The lowest BCUT2D eigenvalue weighted by atomic mass is 9.95. The Kier molecular flexibility index (Phi) is 6.72. The van der Waals surface area contributed by atoms with E-state index in [1.807, 2.05) is 0 Å². The van der Waals surface area contributed by atoms with E-state index in [1.165, 1.54) is 0 Å². The van der Waals surface area contributed by atoms with Crippen LogP contribution in [0.5, 0.6) is 0 Å². The van der Waals surface area contributed by atoms with Gasteiger partial charge < -0.3 is 10.2 Å². The fraction of sp³-hybridized carbons (Fsp3) is 0.529. The molecule has 0 saturated carbocycles. The Morgan fingerprint density at radius 1 is 1.22 bits per heavy atom. The molecule has 1 aliphatic rings. The van der Waals surface area contributed by atoms with Gasteiger partial charge in [-0.1, -0.05) is 36.5 Å². The van der Waals surface area contributed by atoms with Crippen LogP contribution < -0.4 is 5.32 Å². The lowest BCUT2D eigenvalue weighted by Gasteiger charge is -2.31. The molecule has 1 aromatic carbocycles. The zero-order chi connectivity index (χ0) is 16.8. The van der Waals surface area contributed by atoms with Crippen molar-refractivity contribution in [3.63, 3.8) is 0 Å². The number of piperidine rings is 1. The lowest BCUT2D eigenvalue weighted by molar-refractivity contribution is -0.126. The van der Waals surface area contributed by atoms with Gasteiger partial charge >= 0.3 is 0 Å². The van der Waals surface area contributed by atoms with Crippen LogP contribution in [-0.4, -0.2) is 36.3 Å². The minimum absolute atomic E-state index is 0.00436. The maximum Gasteiger partial charge on any atom is 0.253 e. The van der Waals surface area contributed by atoms with Crippen LogP contribution in [0.3, 0.4) is 0 Å². The molecule has 1 aromatic rings. The average Bonchev–Trinajstić information content (AvgIpc) is 2.57. The average molecular weight is 357 g/mol. The molecule has 1 saturated heterocycles. The van der Waals surface area contributed by atoms with Gasteiger partial charge in [-0.2, -0.15) is 0 Å². The molecule has 0 bridgehead atoms. The Morgan fingerprint density at radius 2 is 1.91 bits per heavy atom. The van der Waals surface area contributed by atoms with Crippen molar-refractivity contribution in [1.29, 1.82) is 0 Å². The number of carbonyl (C=O) groups is 2. The van der Waals surface area contributed by atoms with Crippen LogP contribution in [0.2, 0.25) is 10.0 Å². The topological polar surface area (TPSA) is 49.4 Å². The van der Waals surface area contributed by atoms with Gasteiger partial charge in [0.15, 0.2) is 0 Å². The maximum atomic E-state index is 12.5. The van der Waals surface area contributed by atoms with Crippen molar-refractivity contribution >= 4 is 35.0 Å². The van der Waals surface area contributed by atoms with E-state index in [-0.39, 0.29) is 17.7 Å². The number of likely N-dealkylation sites (tertiary alicyclic amines) is 1. The number of rotatable bonds is 5. The standard InChI is InChI=1S/C17H22Cl2N2O2/c1-2-3-8-20-16(22)12-6-9-21(10-7-12)17(23)13-4-5-14(18)15(19)11-13/h4-5,11-12H,2-3,6-10H2,1H3,(H,20,22). The summed E-state index contributed by atoms with van der Waals surface area (Å²) < 4.78 is 0. The molecule has 0 atom stereocenters. The van der Waals surface area contributed by atoms with Gasteiger partial charge in [0.2, 0.25) is 5.91 Å². The first-order chi connectivity index (χ1) is 11.0. The first kappa shape index (κ1) is 18.1. The molecular weight excluding hydrogens is 335 g/mol. The van der Waals surface area contributed by atoms with Crippen molar-refractivity contribution in [2.75, 3.05) is 19.6 Å². The van der Waals surface area contributed by atoms with Crippen molar-refractivity contribution in [3.8, 4) is 0 Å². The van der Waals surface area contributed by atoms with Crippen molar-refractivity contribution in [2.45, 2.75) is 32.6 Å². The summed E-state index contributed by atoms with van der Waals surface area (Å²) >= 11 is 11.8. The van der Waals surface area contributed by atoms with E-state index in [9.17, 15) is 9.59 Å². The predicted octanol–water partition coefficient (Wildman–Crippen LogP) is 3.76. The number of halogens is 2. The van der Waals surface area contributed by atoms with E-state index < -0.39 is 0 Å². The third kappa shape index (κ3) is 4.85. The number of nitrogens with zero attached hydrogens (tertiary/aromatic N) is 1. The molecule has 6 heteroatoms. The Balaban J connectivity index is 1.87. The largest absolute Gasteiger partial charge is 0.356 e. The molecule has 0 unspecified atom stereocenters. The second-order valence-corrected chi connectivity index (χ2v) is 6.65. The molecule has 1 heterocycles. The van der Waals surface area contributed by atoms with Gasteiger partial charge in [-0.15, -0.1) is 0 Å². The molecule has 2 amide bonds. The van der Waals surface area contributed by atoms with Gasteiger partial charge in [-0.25, -0.2) is 0 Å². The molecule has 1 fully saturated rings. The first-order valence-electron chi connectivity index (χ1n) is 8.05. The number of nitrogens with one attached hydrogen (secondary N) is 1. The van der Waals surface area contributed by atoms with E-state index in [0.717, 1.165) is 19.4 Å². The van der Waals surface area contributed by atoms with Crippen LogP contribution in [0.4, 0.5) is 0 Å². The minimum Gasteiger partial charge on any atom is -0.356 e. The van der Waals surface area contributed by atoms with Crippen LogP contribution in [0.1, 0.15) is 43.0 Å². The fourth-order valence-electron chi connectivity index (χ4n) is 2.69. The van der Waals surface area contributed by atoms with Gasteiger partial charge in [0.25, 0.3) is 5.91 Å². The highest BCUT2D eigenvalue weighted by Crippen LogP contribution is 2.25. The first-order valence-corrected chi connectivity index (χ1v) is 8.80. The van der Waals surface area contributed by atoms with Crippen LogP contribution in [0, 0.1) is 5.92 Å². The van der Waals surface area contributed by atoms with Crippen molar-refractivity contribution in [2.24, 2.45) is 5.92 Å². The highest BCUT2D eigenvalue weighted by atomic mass is 35.5. The van der Waals surface area contributed by atoms with Crippen LogP contribution in [0.15, 0.2) is 18.2 Å². The lowest BCUT2D eigenvalue weighted by Crippen LogP contribution is -2.43. The summed E-state index contributed by atoms with van der Waals surface area (Å²) in [5, 5.41) is 3.78. The second kappa shape index (κ2) is 8.55. The number of benzene rings is 1. The Hall–Kier alpha value is -1.26. The van der Waals surface area contributed by atoms with Gasteiger partial charge in [-0.05, 0) is 37.5 Å². The highest BCUT2D eigenvalue weighted by Gasteiger charge is 2.27. The summed E-state index contributed by atoms with van der Waals surface area (Å²) in [4.78, 5) is 26.3. The van der Waals surface area contributed by atoms with Crippen LogP contribution in [0.25, 0.3) is 0 Å². The second-order valence-electron chi connectivity index (χ2n) is 5.84. The molecule has 1 aliphatic heterocycles. The molecule has 0 spiro atoms. The van der Waals surface area contributed by atoms with Gasteiger partial charge in [0.05, 0.1) is 10.0 Å². The molecule has 1 N–H and O–H groups in total. The van der Waals surface area contributed by atoms with Crippen molar-refractivity contribution in [1.82, 2.24) is 10.2 Å². The highest BCUT2D eigenvalue weighted by molar-refractivity contribution is 6.42. The van der Waals surface area contributed by atoms with E-state index in [4.69, 9.17) is 23.2 Å². The van der Waals surface area contributed by atoms with E-state index in [2.05, 4.69) is 12.2 Å². The number of hydrogen-bond donors (Lipinski definition) is 1. The normalized spacial score (nSPS) is 15.5. The molecule has 23 heavy (non-hydrogen) atoms. The number of hydrogen-bond acceptors (Lipinski definition) is 2. The smallest absolute Gasteiger partial charge is 0.253 e. The minimum atomic E-state index is -0.0617. The molecule has 0 radical (unpaired) electrons. The number of carbonyl (C=O) groups excluding carboxylic acids is 2. The summed E-state index contributed by atoms with van der Waals surface area (Å²) in [6.45, 7) is 4.01. The zero-order valence-corrected chi connectivity index (χ0v) is 14.8. The SMILES string of the molecule is CCCCNC(=O)C1CCN(C(=O)c2ccc(Cl)c(Cl)c2)CC1. The molecule has 0 aliphatic carbocycles. The summed E-state index contributed by atoms with van der Waals surface area (Å²) in [5.74, 6) is 0.0539. The molecule has 126 valence electrons. The third-order valence-electron chi connectivity index (χ3n) is 4.15. The van der Waals surface area contributed by atoms with Gasteiger partial charge in [-0.3, -0.25) is 9.59 Å². The predicted molar refractivity (Wildman–Crippen MR) is 93.0 cm³/mol. The van der Waals surface area contributed by atoms with Crippen molar-refractivity contribution < 1.29 is 9.59 Å². The van der Waals surface area contributed by atoms with Crippen molar-refractivity contribution in [3.05, 3.63) is 33.8 Å². The molecule has 4 nitrogen and oxygen atoms in total. The molecule has 0 aromatic heterocycles. The van der Waals surface area contributed by atoms with Crippen LogP contribution >= 0.6 is 23.2 Å². The maximum absolute atomic E-state index is 12.5. The van der Waals surface area contributed by atoms with Crippen LogP contribution in [-0.2, 0) is 4.79 Å². The number of amides is 2. The van der Waals surface area contributed by atoms with Gasteiger partial charge in [0.1, 0.15) is 0 Å².